The van der Waals surface area contributed by atoms with Crippen LogP contribution in [0.1, 0.15) is 25.1 Å². The van der Waals surface area contributed by atoms with Crippen LogP contribution in [0.15, 0.2) is 16.5 Å². The van der Waals surface area contributed by atoms with Crippen molar-refractivity contribution in [1.29, 1.82) is 0 Å². The van der Waals surface area contributed by atoms with Crippen molar-refractivity contribution in [2.24, 2.45) is 5.73 Å². The van der Waals surface area contributed by atoms with Crippen molar-refractivity contribution < 1.29 is 9.15 Å². The Morgan fingerprint density at radius 3 is 2.92 bits per heavy atom. The van der Waals surface area contributed by atoms with Crippen LogP contribution in [-0.2, 0) is 4.74 Å². The highest BCUT2D eigenvalue weighted by atomic mass is 35.5. The Balaban J connectivity index is 2.35. The van der Waals surface area contributed by atoms with Crippen molar-refractivity contribution >= 4 is 11.6 Å². The van der Waals surface area contributed by atoms with Crippen LogP contribution in [0.3, 0.4) is 0 Å². The maximum absolute atomic E-state index is 5.77. The summed E-state index contributed by atoms with van der Waals surface area (Å²) in [5.74, 6) is 0.668. The lowest BCUT2D eigenvalue weighted by Gasteiger charge is -2.08. The van der Waals surface area contributed by atoms with Crippen LogP contribution in [0, 0.1) is 0 Å². The average Bonchev–Trinajstić information content (AvgIpc) is 2.52. The number of rotatable bonds is 5. The van der Waals surface area contributed by atoms with E-state index in [9.17, 15) is 0 Å². The predicted molar refractivity (Wildman–Crippen MR) is 51.8 cm³/mol. The molecule has 1 atom stereocenters. The van der Waals surface area contributed by atoms with Gasteiger partial charge in [-0.15, -0.1) is 0 Å². The normalized spacial score (nSPS) is 13.2. The Hall–Kier alpha value is -0.510. The Bertz CT molecular complexity index is 250. The minimum atomic E-state index is -0.223. The van der Waals surface area contributed by atoms with E-state index >= 15 is 0 Å². The van der Waals surface area contributed by atoms with Gasteiger partial charge in [-0.3, -0.25) is 0 Å². The van der Waals surface area contributed by atoms with Crippen LogP contribution >= 0.6 is 11.6 Å². The van der Waals surface area contributed by atoms with Gasteiger partial charge in [0.05, 0.1) is 12.6 Å². The highest BCUT2D eigenvalue weighted by molar-refractivity contribution is 6.28. The lowest BCUT2D eigenvalue weighted by molar-refractivity contribution is 0.116. The molecule has 0 radical (unpaired) electrons. The maximum atomic E-state index is 5.77. The smallest absolute Gasteiger partial charge is 0.193 e. The van der Waals surface area contributed by atoms with Crippen molar-refractivity contribution in [1.82, 2.24) is 0 Å². The molecule has 13 heavy (non-hydrogen) atoms. The van der Waals surface area contributed by atoms with Gasteiger partial charge in [0.25, 0.3) is 0 Å². The minimum absolute atomic E-state index is 0.223. The highest BCUT2D eigenvalue weighted by Gasteiger charge is 2.09. The van der Waals surface area contributed by atoms with Crippen LogP contribution in [0.25, 0.3) is 0 Å². The fourth-order valence-corrected chi connectivity index (χ4v) is 1.12. The fourth-order valence-electron chi connectivity index (χ4n) is 0.964. The van der Waals surface area contributed by atoms with Crippen LogP contribution in [-0.4, -0.2) is 13.2 Å². The molecule has 0 aliphatic heterocycles. The topological polar surface area (TPSA) is 48.4 Å². The van der Waals surface area contributed by atoms with Gasteiger partial charge in [-0.25, -0.2) is 0 Å². The third-order valence-corrected chi connectivity index (χ3v) is 1.81. The van der Waals surface area contributed by atoms with Gasteiger partial charge in [0.1, 0.15) is 5.76 Å². The maximum Gasteiger partial charge on any atom is 0.193 e. The van der Waals surface area contributed by atoms with Crippen molar-refractivity contribution in [3.05, 3.63) is 23.1 Å². The van der Waals surface area contributed by atoms with Crippen LogP contribution in [0.2, 0.25) is 5.22 Å². The van der Waals surface area contributed by atoms with E-state index in [-0.39, 0.29) is 6.04 Å². The monoisotopic (exact) mass is 203 g/mol. The number of hydrogen-bond acceptors (Lipinski definition) is 3. The molecule has 2 N–H and O–H groups in total. The molecular formula is C9H14ClNO2. The molecule has 1 unspecified atom stereocenters. The summed E-state index contributed by atoms with van der Waals surface area (Å²) in [7, 11) is 0. The van der Waals surface area contributed by atoms with Gasteiger partial charge in [-0.05, 0) is 30.2 Å². The van der Waals surface area contributed by atoms with Crippen molar-refractivity contribution in [3.8, 4) is 0 Å². The zero-order valence-electron chi connectivity index (χ0n) is 7.63. The Kier molecular flexibility index (Phi) is 4.28. The molecule has 74 valence electrons. The Morgan fingerprint density at radius 2 is 2.38 bits per heavy atom. The van der Waals surface area contributed by atoms with Crippen molar-refractivity contribution in [2.45, 2.75) is 19.4 Å². The van der Waals surface area contributed by atoms with Crippen molar-refractivity contribution in [2.75, 3.05) is 13.2 Å². The van der Waals surface area contributed by atoms with Gasteiger partial charge in [0, 0.05) is 6.61 Å². The second-order valence-corrected chi connectivity index (χ2v) is 3.20. The zero-order chi connectivity index (χ0) is 9.68. The van der Waals surface area contributed by atoms with Crippen LogP contribution < -0.4 is 5.73 Å². The number of nitrogens with two attached hydrogens (primary N) is 1. The summed E-state index contributed by atoms with van der Waals surface area (Å²) in [6.45, 7) is 3.25. The third-order valence-electron chi connectivity index (χ3n) is 1.61. The van der Waals surface area contributed by atoms with E-state index < -0.39 is 0 Å². The largest absolute Gasteiger partial charge is 0.448 e. The quantitative estimate of drug-likeness (QED) is 0.748. The SMILES string of the molecule is CCCOCC(N)c1ccc(Cl)o1. The first kappa shape index (κ1) is 10.6. The molecule has 1 aromatic heterocycles. The van der Waals surface area contributed by atoms with E-state index in [2.05, 4.69) is 6.92 Å². The number of ether oxygens (including phenoxy) is 1. The number of hydrogen-bond donors (Lipinski definition) is 1. The van der Waals surface area contributed by atoms with Gasteiger partial charge < -0.3 is 14.9 Å². The first-order valence-corrected chi connectivity index (χ1v) is 4.70. The molecule has 1 aromatic rings. The predicted octanol–water partition coefficient (Wildman–Crippen LogP) is 2.36. The van der Waals surface area contributed by atoms with Crippen LogP contribution in [0.5, 0.6) is 0 Å². The second kappa shape index (κ2) is 5.27. The van der Waals surface area contributed by atoms with E-state index in [1.165, 1.54) is 0 Å². The summed E-state index contributed by atoms with van der Waals surface area (Å²) >= 11 is 5.60. The molecule has 0 bridgehead atoms. The van der Waals surface area contributed by atoms with E-state index in [1.807, 2.05) is 0 Å². The molecule has 0 aliphatic rings. The summed E-state index contributed by atoms with van der Waals surface area (Å²) in [5, 5.41) is 0.362. The standard InChI is InChI=1S/C9H14ClNO2/c1-2-5-12-6-7(11)8-3-4-9(10)13-8/h3-4,7H,2,5-6,11H2,1H3. The molecule has 0 spiro atoms. The third kappa shape index (κ3) is 3.38. The molecular weight excluding hydrogens is 190 g/mol. The Morgan fingerprint density at radius 1 is 1.62 bits per heavy atom. The van der Waals surface area contributed by atoms with E-state index in [0.29, 0.717) is 17.6 Å². The number of halogens is 1. The molecule has 1 heterocycles. The lowest BCUT2D eigenvalue weighted by Crippen LogP contribution is -2.16. The van der Waals surface area contributed by atoms with Gasteiger partial charge in [0.2, 0.25) is 0 Å². The van der Waals surface area contributed by atoms with Crippen LogP contribution in [0.4, 0.5) is 0 Å². The summed E-state index contributed by atoms with van der Waals surface area (Å²) in [6.07, 6.45) is 0.992. The summed E-state index contributed by atoms with van der Waals surface area (Å²) in [5.41, 5.74) is 5.77. The van der Waals surface area contributed by atoms with Gasteiger partial charge in [-0.1, -0.05) is 6.92 Å². The van der Waals surface area contributed by atoms with Gasteiger partial charge >= 0.3 is 0 Å². The first-order valence-electron chi connectivity index (χ1n) is 4.32. The number of furan rings is 1. The first-order chi connectivity index (χ1) is 6.24. The molecule has 0 saturated heterocycles. The molecule has 0 amide bonds. The second-order valence-electron chi connectivity index (χ2n) is 2.82. The average molecular weight is 204 g/mol. The van der Waals surface area contributed by atoms with Gasteiger partial charge in [-0.2, -0.15) is 0 Å². The Labute approximate surface area is 82.8 Å². The molecule has 3 nitrogen and oxygen atoms in total. The van der Waals surface area contributed by atoms with Crippen molar-refractivity contribution in [3.63, 3.8) is 0 Å². The lowest BCUT2D eigenvalue weighted by atomic mass is 10.2. The van der Waals surface area contributed by atoms with Gasteiger partial charge in [0.15, 0.2) is 5.22 Å². The molecule has 4 heteroatoms. The highest BCUT2D eigenvalue weighted by Crippen LogP contribution is 2.18. The summed E-state index contributed by atoms with van der Waals surface area (Å²) < 4.78 is 10.4. The van der Waals surface area contributed by atoms with E-state index in [1.54, 1.807) is 12.1 Å². The minimum Gasteiger partial charge on any atom is -0.448 e. The molecule has 0 aromatic carbocycles. The van der Waals surface area contributed by atoms with E-state index in [4.69, 9.17) is 26.5 Å². The fraction of sp³-hybridized carbons (Fsp3) is 0.556. The molecule has 0 saturated carbocycles. The molecule has 0 fully saturated rings. The van der Waals surface area contributed by atoms with E-state index in [0.717, 1.165) is 13.0 Å². The molecule has 1 rings (SSSR count). The summed E-state index contributed by atoms with van der Waals surface area (Å²) in [4.78, 5) is 0. The summed E-state index contributed by atoms with van der Waals surface area (Å²) in [6, 6.07) is 3.22. The molecule has 0 aliphatic carbocycles. The zero-order valence-corrected chi connectivity index (χ0v) is 8.38.